The van der Waals surface area contributed by atoms with E-state index in [1.165, 1.54) is 16.3 Å². The number of nitrogens with zero attached hydrogens (tertiary/aromatic N) is 1. The first kappa shape index (κ1) is 23.9. The van der Waals surface area contributed by atoms with Crippen LogP contribution in [0, 0.1) is 0 Å². The molecule has 0 saturated carbocycles. The van der Waals surface area contributed by atoms with Gasteiger partial charge in [0, 0.05) is 38.6 Å². The Kier molecular flexibility index (Phi) is 5.20. The van der Waals surface area contributed by atoms with Gasteiger partial charge in [-0.1, -0.05) is 84.9 Å². The normalized spacial score (nSPS) is 11.7. The number of para-hydroxylation sites is 2. The molecule has 0 bridgehead atoms. The predicted octanol–water partition coefficient (Wildman–Crippen LogP) is 11.8. The van der Waals surface area contributed by atoms with Gasteiger partial charge < -0.3 is 13.7 Å². The summed E-state index contributed by atoms with van der Waals surface area (Å²) < 4.78 is 12.4. The van der Waals surface area contributed by atoms with Crippen molar-refractivity contribution >= 4 is 71.7 Å². The summed E-state index contributed by atoms with van der Waals surface area (Å²) in [4.78, 5) is 2.33. The van der Waals surface area contributed by atoms with Crippen LogP contribution in [-0.2, 0) is 0 Å². The first-order valence-corrected chi connectivity index (χ1v) is 14.5. The maximum Gasteiger partial charge on any atom is 0.135 e. The number of fused-ring (bicyclic) bond motifs is 7. The lowest BCUT2D eigenvalue weighted by molar-refractivity contribution is 0.668. The van der Waals surface area contributed by atoms with Crippen LogP contribution in [0.3, 0.4) is 0 Å². The van der Waals surface area contributed by atoms with E-state index in [9.17, 15) is 0 Å². The highest BCUT2D eigenvalue weighted by atomic mass is 16.3. The maximum absolute atomic E-state index is 6.18. The van der Waals surface area contributed by atoms with Gasteiger partial charge in [0.05, 0.1) is 0 Å². The first-order chi connectivity index (χ1) is 21.3. The minimum Gasteiger partial charge on any atom is -0.456 e. The van der Waals surface area contributed by atoms with Crippen LogP contribution in [0.25, 0.3) is 65.8 Å². The average molecular weight is 552 g/mol. The van der Waals surface area contributed by atoms with Gasteiger partial charge in [0.25, 0.3) is 0 Å². The van der Waals surface area contributed by atoms with E-state index in [0.717, 1.165) is 66.5 Å². The summed E-state index contributed by atoms with van der Waals surface area (Å²) >= 11 is 0. The second-order valence-corrected chi connectivity index (χ2v) is 11.0. The number of benzene rings is 7. The molecule has 202 valence electrons. The van der Waals surface area contributed by atoms with E-state index in [2.05, 4.69) is 132 Å². The van der Waals surface area contributed by atoms with E-state index in [-0.39, 0.29) is 0 Å². The molecule has 0 saturated heterocycles. The molecular formula is C40H25NO2. The lowest BCUT2D eigenvalue weighted by Gasteiger charge is -2.26. The van der Waals surface area contributed by atoms with Crippen molar-refractivity contribution in [2.24, 2.45) is 0 Å². The third-order valence-corrected chi connectivity index (χ3v) is 8.42. The molecule has 0 radical (unpaired) electrons. The van der Waals surface area contributed by atoms with Crippen molar-refractivity contribution in [3.63, 3.8) is 0 Å². The van der Waals surface area contributed by atoms with Crippen molar-refractivity contribution in [1.29, 1.82) is 0 Å². The molecule has 9 aromatic rings. The van der Waals surface area contributed by atoms with Gasteiger partial charge in [0.1, 0.15) is 22.3 Å². The fourth-order valence-corrected chi connectivity index (χ4v) is 6.35. The fourth-order valence-electron chi connectivity index (χ4n) is 6.35. The van der Waals surface area contributed by atoms with Crippen LogP contribution in [0.5, 0.6) is 0 Å². The Morgan fingerprint density at radius 1 is 0.326 bits per heavy atom. The number of hydrogen-bond acceptors (Lipinski definition) is 3. The summed E-state index contributed by atoms with van der Waals surface area (Å²) in [5, 5.41) is 6.89. The Morgan fingerprint density at radius 3 is 1.53 bits per heavy atom. The van der Waals surface area contributed by atoms with E-state index in [1.807, 2.05) is 24.3 Å². The summed E-state index contributed by atoms with van der Waals surface area (Å²) in [5.41, 5.74) is 9.09. The number of hydrogen-bond donors (Lipinski definition) is 0. The second kappa shape index (κ2) is 9.37. The molecule has 0 aliphatic carbocycles. The van der Waals surface area contributed by atoms with E-state index in [1.54, 1.807) is 0 Å². The summed E-state index contributed by atoms with van der Waals surface area (Å²) in [6.45, 7) is 0. The molecule has 3 heteroatoms. The molecule has 0 amide bonds. The first-order valence-electron chi connectivity index (χ1n) is 14.5. The molecule has 0 aliphatic rings. The van der Waals surface area contributed by atoms with Crippen molar-refractivity contribution in [2.75, 3.05) is 4.90 Å². The van der Waals surface area contributed by atoms with Crippen LogP contribution in [0.1, 0.15) is 0 Å². The maximum atomic E-state index is 6.18. The summed E-state index contributed by atoms with van der Waals surface area (Å²) in [6.07, 6.45) is 0. The third kappa shape index (κ3) is 3.90. The molecule has 0 unspecified atom stereocenters. The number of rotatable bonds is 4. The smallest absolute Gasteiger partial charge is 0.135 e. The molecule has 2 aromatic heterocycles. The molecule has 0 fully saturated rings. The van der Waals surface area contributed by atoms with Crippen LogP contribution < -0.4 is 4.90 Å². The van der Waals surface area contributed by atoms with Gasteiger partial charge in [-0.3, -0.25) is 0 Å². The highest BCUT2D eigenvalue weighted by Gasteiger charge is 2.18. The van der Waals surface area contributed by atoms with Crippen LogP contribution in [0.2, 0.25) is 0 Å². The van der Waals surface area contributed by atoms with Crippen molar-refractivity contribution < 1.29 is 8.83 Å². The van der Waals surface area contributed by atoms with Crippen molar-refractivity contribution in [1.82, 2.24) is 0 Å². The third-order valence-electron chi connectivity index (χ3n) is 8.42. The summed E-state index contributed by atoms with van der Waals surface area (Å²) in [5.74, 6) is 0. The van der Waals surface area contributed by atoms with Gasteiger partial charge >= 0.3 is 0 Å². The van der Waals surface area contributed by atoms with E-state index >= 15 is 0 Å². The Hall–Kier alpha value is -5.80. The molecule has 0 aliphatic heterocycles. The Balaban J connectivity index is 1.26. The monoisotopic (exact) mass is 551 g/mol. The molecule has 3 nitrogen and oxygen atoms in total. The number of furan rings is 2. The minimum absolute atomic E-state index is 0.881. The molecule has 7 aromatic carbocycles. The lowest BCUT2D eigenvalue weighted by atomic mass is 10.0. The number of anilines is 3. The molecule has 43 heavy (non-hydrogen) atoms. The summed E-state index contributed by atoms with van der Waals surface area (Å²) in [7, 11) is 0. The van der Waals surface area contributed by atoms with Crippen molar-refractivity contribution in [3.05, 3.63) is 152 Å². The predicted molar refractivity (Wildman–Crippen MR) is 179 cm³/mol. The highest BCUT2D eigenvalue weighted by molar-refractivity contribution is 6.08. The zero-order chi connectivity index (χ0) is 28.3. The molecule has 0 spiro atoms. The van der Waals surface area contributed by atoms with E-state index < -0.39 is 0 Å². The molecule has 9 rings (SSSR count). The van der Waals surface area contributed by atoms with Gasteiger partial charge in [-0.25, -0.2) is 0 Å². The van der Waals surface area contributed by atoms with Crippen LogP contribution in [0.15, 0.2) is 160 Å². The largest absolute Gasteiger partial charge is 0.456 e. The van der Waals surface area contributed by atoms with Gasteiger partial charge in [0.15, 0.2) is 0 Å². The Labute approximate surface area is 247 Å². The van der Waals surface area contributed by atoms with Crippen molar-refractivity contribution in [2.45, 2.75) is 0 Å². The minimum atomic E-state index is 0.881. The summed E-state index contributed by atoms with van der Waals surface area (Å²) in [6, 6.07) is 53.3. The topological polar surface area (TPSA) is 29.5 Å². The standard InChI is InChI=1S/C40H25NO2/c1-2-9-27-22-29(17-16-26(27)8-1)28-10-7-11-30(23-28)41(31-18-20-39-35(24-31)33-12-3-5-14-37(33)42-39)32-19-21-40-36(25-32)34-13-4-6-15-38(34)43-40/h1-25H. The molecular weight excluding hydrogens is 526 g/mol. The van der Waals surface area contributed by atoms with Gasteiger partial charge in [-0.05, 0) is 88.6 Å². The van der Waals surface area contributed by atoms with Gasteiger partial charge in [-0.15, -0.1) is 0 Å². The second-order valence-electron chi connectivity index (χ2n) is 11.0. The average Bonchev–Trinajstić information content (AvgIpc) is 3.63. The molecule has 0 N–H and O–H groups in total. The van der Waals surface area contributed by atoms with Crippen LogP contribution in [0.4, 0.5) is 17.1 Å². The van der Waals surface area contributed by atoms with Gasteiger partial charge in [-0.2, -0.15) is 0 Å². The van der Waals surface area contributed by atoms with Crippen molar-refractivity contribution in [3.8, 4) is 11.1 Å². The zero-order valence-electron chi connectivity index (χ0n) is 23.2. The van der Waals surface area contributed by atoms with E-state index in [0.29, 0.717) is 0 Å². The Morgan fingerprint density at radius 2 is 0.860 bits per heavy atom. The SMILES string of the molecule is c1cc(-c2ccc3ccccc3c2)cc(N(c2ccc3oc4ccccc4c3c2)c2ccc3oc4ccccc4c3c2)c1. The fraction of sp³-hybridized carbons (Fsp3) is 0. The highest BCUT2D eigenvalue weighted by Crippen LogP contribution is 2.42. The Bertz CT molecular complexity index is 2370. The zero-order valence-corrected chi connectivity index (χ0v) is 23.2. The van der Waals surface area contributed by atoms with Crippen LogP contribution in [-0.4, -0.2) is 0 Å². The molecule has 2 heterocycles. The van der Waals surface area contributed by atoms with E-state index in [4.69, 9.17) is 8.83 Å². The van der Waals surface area contributed by atoms with Crippen LogP contribution >= 0.6 is 0 Å². The van der Waals surface area contributed by atoms with Gasteiger partial charge in [0.2, 0.25) is 0 Å². The lowest BCUT2D eigenvalue weighted by Crippen LogP contribution is -2.10. The molecule has 0 atom stereocenters. The quantitative estimate of drug-likeness (QED) is 0.218.